The average molecular weight is 238 g/mol. The first-order valence-electron chi connectivity index (χ1n) is 7.58. The third-order valence-corrected chi connectivity index (χ3v) is 4.95. The Morgan fingerprint density at radius 2 is 1.82 bits per heavy atom. The number of rotatable bonds is 2. The lowest BCUT2D eigenvalue weighted by molar-refractivity contribution is 0.0344. The Balaban J connectivity index is 2.01. The normalized spacial score (nSPS) is 40.8. The van der Waals surface area contributed by atoms with Gasteiger partial charge in [-0.2, -0.15) is 0 Å². The van der Waals surface area contributed by atoms with E-state index >= 15 is 0 Å². The third-order valence-electron chi connectivity index (χ3n) is 4.95. The molecule has 4 unspecified atom stereocenters. The first-order chi connectivity index (χ1) is 8.09. The van der Waals surface area contributed by atoms with Crippen LogP contribution in [0, 0.1) is 11.8 Å². The van der Waals surface area contributed by atoms with Gasteiger partial charge in [0.25, 0.3) is 0 Å². The summed E-state index contributed by atoms with van der Waals surface area (Å²) in [6.45, 7) is 12.0. The van der Waals surface area contributed by atoms with Crippen molar-refractivity contribution in [1.29, 1.82) is 0 Å². The van der Waals surface area contributed by atoms with Gasteiger partial charge in [0.1, 0.15) is 0 Å². The van der Waals surface area contributed by atoms with E-state index in [-0.39, 0.29) is 0 Å². The highest BCUT2D eigenvalue weighted by atomic mass is 15.3. The lowest BCUT2D eigenvalue weighted by atomic mass is 9.83. The van der Waals surface area contributed by atoms with Crippen LogP contribution in [0.1, 0.15) is 53.4 Å². The molecular weight excluding hydrogens is 208 g/mol. The van der Waals surface area contributed by atoms with Gasteiger partial charge in [-0.25, -0.2) is 0 Å². The summed E-state index contributed by atoms with van der Waals surface area (Å²) in [4.78, 5) is 2.81. The van der Waals surface area contributed by atoms with E-state index in [1.165, 1.54) is 38.8 Å². The summed E-state index contributed by atoms with van der Waals surface area (Å²) in [5.41, 5.74) is 0. The summed E-state index contributed by atoms with van der Waals surface area (Å²) in [7, 11) is 0. The van der Waals surface area contributed by atoms with Crippen molar-refractivity contribution < 1.29 is 0 Å². The van der Waals surface area contributed by atoms with Crippen LogP contribution in [0.2, 0.25) is 0 Å². The van der Waals surface area contributed by atoms with Gasteiger partial charge in [0.05, 0.1) is 0 Å². The summed E-state index contributed by atoms with van der Waals surface area (Å²) in [6.07, 6.45) is 5.76. The van der Waals surface area contributed by atoms with Crippen LogP contribution in [0.3, 0.4) is 0 Å². The molecule has 17 heavy (non-hydrogen) atoms. The lowest BCUT2D eigenvalue weighted by Gasteiger charge is -2.47. The Morgan fingerprint density at radius 3 is 2.47 bits per heavy atom. The predicted molar refractivity (Wildman–Crippen MR) is 74.2 cm³/mol. The van der Waals surface area contributed by atoms with Crippen molar-refractivity contribution in [3.8, 4) is 0 Å². The molecule has 0 aromatic rings. The smallest absolute Gasteiger partial charge is 0.0218 e. The fourth-order valence-corrected chi connectivity index (χ4v) is 3.61. The Labute approximate surface area is 107 Å². The Hall–Kier alpha value is -0.0800. The highest BCUT2D eigenvalue weighted by molar-refractivity contribution is 4.91. The zero-order valence-corrected chi connectivity index (χ0v) is 12.1. The van der Waals surface area contributed by atoms with Gasteiger partial charge >= 0.3 is 0 Å². The highest BCUT2D eigenvalue weighted by Crippen LogP contribution is 2.30. The van der Waals surface area contributed by atoms with E-state index in [4.69, 9.17) is 0 Å². The summed E-state index contributed by atoms with van der Waals surface area (Å²) in [5.74, 6) is 1.65. The molecule has 2 aliphatic rings. The van der Waals surface area contributed by atoms with Gasteiger partial charge in [0, 0.05) is 31.2 Å². The van der Waals surface area contributed by atoms with Crippen molar-refractivity contribution in [1.82, 2.24) is 10.2 Å². The minimum absolute atomic E-state index is 0.695. The molecule has 1 aliphatic heterocycles. The molecule has 100 valence electrons. The summed E-state index contributed by atoms with van der Waals surface area (Å²) < 4.78 is 0. The van der Waals surface area contributed by atoms with E-state index in [1.807, 2.05) is 0 Å². The van der Waals surface area contributed by atoms with Crippen LogP contribution in [-0.2, 0) is 0 Å². The molecule has 1 heterocycles. The molecule has 0 radical (unpaired) electrons. The van der Waals surface area contributed by atoms with Gasteiger partial charge < -0.3 is 5.32 Å². The number of piperazine rings is 1. The van der Waals surface area contributed by atoms with Gasteiger partial charge in [0.15, 0.2) is 0 Å². The van der Waals surface area contributed by atoms with Gasteiger partial charge in [-0.3, -0.25) is 4.90 Å². The van der Waals surface area contributed by atoms with Crippen LogP contribution in [0.25, 0.3) is 0 Å². The molecule has 2 nitrogen and oxygen atoms in total. The number of hydrogen-bond acceptors (Lipinski definition) is 2. The minimum Gasteiger partial charge on any atom is -0.311 e. The Morgan fingerprint density at radius 1 is 1.12 bits per heavy atom. The van der Waals surface area contributed by atoms with Crippen LogP contribution in [-0.4, -0.2) is 36.1 Å². The molecule has 2 heteroatoms. The number of nitrogens with one attached hydrogen (secondary N) is 1. The fraction of sp³-hybridized carbons (Fsp3) is 1.00. The van der Waals surface area contributed by atoms with Crippen molar-refractivity contribution in [2.45, 2.75) is 71.5 Å². The molecule has 1 N–H and O–H groups in total. The van der Waals surface area contributed by atoms with E-state index in [0.717, 1.165) is 23.9 Å². The van der Waals surface area contributed by atoms with Crippen molar-refractivity contribution >= 4 is 0 Å². The summed E-state index contributed by atoms with van der Waals surface area (Å²) >= 11 is 0. The van der Waals surface area contributed by atoms with Crippen LogP contribution >= 0.6 is 0 Å². The SMILES string of the molecule is CC(C)C1CN(C2CCCCC2C)C(C)CN1. The highest BCUT2D eigenvalue weighted by Gasteiger charge is 2.34. The van der Waals surface area contributed by atoms with Crippen molar-refractivity contribution in [3.05, 3.63) is 0 Å². The van der Waals surface area contributed by atoms with E-state index in [0.29, 0.717) is 6.04 Å². The van der Waals surface area contributed by atoms with Crippen LogP contribution in [0.4, 0.5) is 0 Å². The van der Waals surface area contributed by atoms with E-state index in [1.54, 1.807) is 0 Å². The van der Waals surface area contributed by atoms with E-state index in [9.17, 15) is 0 Å². The van der Waals surface area contributed by atoms with Crippen molar-refractivity contribution in [3.63, 3.8) is 0 Å². The third kappa shape index (κ3) is 3.03. The minimum atomic E-state index is 0.695. The Kier molecular flexibility index (Phi) is 4.48. The molecule has 4 atom stereocenters. The molecule has 1 saturated heterocycles. The monoisotopic (exact) mass is 238 g/mol. The summed E-state index contributed by atoms with van der Waals surface area (Å²) in [5, 5.41) is 3.71. The maximum Gasteiger partial charge on any atom is 0.0218 e. The quantitative estimate of drug-likeness (QED) is 0.796. The van der Waals surface area contributed by atoms with Crippen LogP contribution < -0.4 is 5.32 Å². The lowest BCUT2D eigenvalue weighted by Crippen LogP contribution is -2.61. The van der Waals surface area contributed by atoms with Crippen molar-refractivity contribution in [2.75, 3.05) is 13.1 Å². The second-order valence-electron chi connectivity index (χ2n) is 6.63. The second-order valence-corrected chi connectivity index (χ2v) is 6.63. The standard InChI is InChI=1S/C15H30N2/c1-11(2)14-10-17(13(4)9-16-14)15-8-6-5-7-12(15)3/h11-16H,5-10H2,1-4H3. The van der Waals surface area contributed by atoms with Crippen LogP contribution in [0.5, 0.6) is 0 Å². The maximum absolute atomic E-state index is 3.71. The van der Waals surface area contributed by atoms with E-state index in [2.05, 4.69) is 37.9 Å². The molecule has 2 fully saturated rings. The first-order valence-corrected chi connectivity index (χ1v) is 7.58. The van der Waals surface area contributed by atoms with Gasteiger partial charge in [-0.05, 0) is 31.6 Å². The molecule has 0 amide bonds. The first kappa shape index (κ1) is 13.4. The maximum atomic E-state index is 3.71. The molecule has 0 spiro atoms. The molecule has 1 saturated carbocycles. The Bertz CT molecular complexity index is 239. The summed E-state index contributed by atoms with van der Waals surface area (Å²) in [6, 6.07) is 2.26. The number of nitrogens with zero attached hydrogens (tertiary/aromatic N) is 1. The van der Waals surface area contributed by atoms with Crippen LogP contribution in [0.15, 0.2) is 0 Å². The predicted octanol–water partition coefficient (Wildman–Crippen LogP) is 2.88. The van der Waals surface area contributed by atoms with Gasteiger partial charge in [0.2, 0.25) is 0 Å². The molecule has 0 aromatic heterocycles. The molecule has 0 aromatic carbocycles. The topological polar surface area (TPSA) is 15.3 Å². The second kappa shape index (κ2) is 5.71. The molecule has 2 rings (SSSR count). The zero-order chi connectivity index (χ0) is 12.4. The molecule has 0 bridgehead atoms. The van der Waals surface area contributed by atoms with Gasteiger partial charge in [-0.1, -0.05) is 33.6 Å². The van der Waals surface area contributed by atoms with Gasteiger partial charge in [-0.15, -0.1) is 0 Å². The average Bonchev–Trinajstić information content (AvgIpc) is 2.30. The largest absolute Gasteiger partial charge is 0.311 e. The molecular formula is C15H30N2. The van der Waals surface area contributed by atoms with E-state index < -0.39 is 0 Å². The zero-order valence-electron chi connectivity index (χ0n) is 12.1. The fourth-order valence-electron chi connectivity index (χ4n) is 3.61. The molecule has 1 aliphatic carbocycles. The van der Waals surface area contributed by atoms with Crippen molar-refractivity contribution in [2.24, 2.45) is 11.8 Å². The number of hydrogen-bond donors (Lipinski definition) is 1.